The first-order valence-electron chi connectivity index (χ1n) is 10.1. The number of hydrogen-bond acceptors (Lipinski definition) is 6. The molecule has 8 heteroatoms. The van der Waals surface area contributed by atoms with E-state index < -0.39 is 5.91 Å². The van der Waals surface area contributed by atoms with Gasteiger partial charge >= 0.3 is 0 Å². The van der Waals surface area contributed by atoms with Gasteiger partial charge in [-0.3, -0.25) is 14.8 Å². The predicted octanol–water partition coefficient (Wildman–Crippen LogP) is 2.87. The van der Waals surface area contributed by atoms with Crippen molar-refractivity contribution in [3.8, 4) is 11.1 Å². The van der Waals surface area contributed by atoms with Crippen molar-refractivity contribution < 1.29 is 14.8 Å². The lowest BCUT2D eigenvalue weighted by molar-refractivity contribution is 0.0711. The van der Waals surface area contributed by atoms with Gasteiger partial charge in [0.05, 0.1) is 4.88 Å². The number of carbonyl (C=O) groups is 2. The van der Waals surface area contributed by atoms with Crippen molar-refractivity contribution in [2.75, 3.05) is 31.1 Å². The molecule has 0 bridgehead atoms. The Bertz CT molecular complexity index is 1040. The zero-order valence-electron chi connectivity index (χ0n) is 16.9. The van der Waals surface area contributed by atoms with Crippen LogP contribution in [0.4, 0.5) is 5.69 Å². The van der Waals surface area contributed by atoms with Gasteiger partial charge in [0.25, 0.3) is 11.8 Å². The molecule has 0 atom stereocenters. The molecular weight excluding hydrogens is 412 g/mol. The minimum absolute atomic E-state index is 0.103. The number of rotatable bonds is 6. The van der Waals surface area contributed by atoms with Gasteiger partial charge in [-0.2, -0.15) is 0 Å². The Labute approximate surface area is 184 Å². The van der Waals surface area contributed by atoms with Crippen LogP contribution in [0.15, 0.2) is 60.0 Å². The molecule has 2 heterocycles. The number of hydroxylamine groups is 1. The van der Waals surface area contributed by atoms with Crippen LogP contribution in [-0.2, 0) is 6.54 Å². The molecule has 1 fully saturated rings. The van der Waals surface area contributed by atoms with Gasteiger partial charge in [-0.1, -0.05) is 24.3 Å². The molecule has 0 saturated carbocycles. The Kier molecular flexibility index (Phi) is 6.61. The van der Waals surface area contributed by atoms with Gasteiger partial charge < -0.3 is 15.5 Å². The van der Waals surface area contributed by atoms with Gasteiger partial charge in [-0.25, -0.2) is 5.48 Å². The van der Waals surface area contributed by atoms with Crippen molar-refractivity contribution in [1.29, 1.82) is 0 Å². The minimum atomic E-state index is -0.517. The molecule has 0 aliphatic carbocycles. The quantitative estimate of drug-likeness (QED) is 0.352. The molecule has 160 valence electrons. The Hall–Kier alpha value is -3.20. The van der Waals surface area contributed by atoms with E-state index in [0.717, 1.165) is 48.6 Å². The summed E-state index contributed by atoms with van der Waals surface area (Å²) < 4.78 is 0. The third kappa shape index (κ3) is 5.11. The molecule has 0 spiro atoms. The lowest BCUT2D eigenvalue weighted by atomic mass is 10.1. The standard InChI is InChI=1S/C23H24N4O3S/c28-22(18-5-7-20(8-6-18)27-11-9-24-10-12-27)25-14-16-1-3-17(4-2-16)19-13-21(31-15-19)23(29)26-30/h1-8,13,15,24,30H,9-12,14H2,(H,25,28)(H,26,29). The van der Waals surface area contributed by atoms with E-state index in [0.29, 0.717) is 17.0 Å². The molecule has 1 aromatic heterocycles. The number of anilines is 1. The van der Waals surface area contributed by atoms with Crippen molar-refractivity contribution in [2.45, 2.75) is 6.54 Å². The highest BCUT2D eigenvalue weighted by Crippen LogP contribution is 2.26. The monoisotopic (exact) mass is 436 g/mol. The summed E-state index contributed by atoms with van der Waals surface area (Å²) in [5, 5.41) is 16.9. The number of hydrogen-bond donors (Lipinski definition) is 4. The van der Waals surface area contributed by atoms with Crippen molar-refractivity contribution >= 4 is 28.8 Å². The summed E-state index contributed by atoms with van der Waals surface area (Å²) in [7, 11) is 0. The fourth-order valence-electron chi connectivity index (χ4n) is 3.51. The Balaban J connectivity index is 1.33. The van der Waals surface area contributed by atoms with Crippen LogP contribution in [0, 0.1) is 0 Å². The third-order valence-corrected chi connectivity index (χ3v) is 6.21. The van der Waals surface area contributed by atoms with Crippen LogP contribution in [-0.4, -0.2) is 43.2 Å². The molecule has 7 nitrogen and oxygen atoms in total. The maximum atomic E-state index is 12.5. The summed E-state index contributed by atoms with van der Waals surface area (Å²) in [6.07, 6.45) is 0. The van der Waals surface area contributed by atoms with Gasteiger partial charge in [-0.15, -0.1) is 11.3 Å². The van der Waals surface area contributed by atoms with Crippen LogP contribution >= 0.6 is 11.3 Å². The first-order chi connectivity index (χ1) is 15.1. The van der Waals surface area contributed by atoms with Crippen LogP contribution in [0.5, 0.6) is 0 Å². The van der Waals surface area contributed by atoms with E-state index in [1.54, 1.807) is 11.5 Å². The largest absolute Gasteiger partial charge is 0.369 e. The molecule has 2 amide bonds. The number of thiophene rings is 1. The maximum absolute atomic E-state index is 12.5. The van der Waals surface area contributed by atoms with Gasteiger partial charge in [0.15, 0.2) is 0 Å². The third-order valence-electron chi connectivity index (χ3n) is 5.28. The molecule has 1 saturated heterocycles. The summed E-state index contributed by atoms with van der Waals surface area (Å²) in [5.41, 5.74) is 6.28. The van der Waals surface area contributed by atoms with Gasteiger partial charge in [-0.05, 0) is 52.4 Å². The Morgan fingerprint density at radius 1 is 0.968 bits per heavy atom. The van der Waals surface area contributed by atoms with Crippen LogP contribution in [0.25, 0.3) is 11.1 Å². The molecule has 0 unspecified atom stereocenters. The zero-order valence-corrected chi connectivity index (χ0v) is 17.7. The molecule has 1 aliphatic rings. The topological polar surface area (TPSA) is 93.7 Å². The second kappa shape index (κ2) is 9.74. The van der Waals surface area contributed by atoms with E-state index in [-0.39, 0.29) is 5.91 Å². The van der Waals surface area contributed by atoms with Crippen molar-refractivity contribution in [1.82, 2.24) is 16.1 Å². The zero-order chi connectivity index (χ0) is 21.6. The highest BCUT2D eigenvalue weighted by molar-refractivity contribution is 7.12. The fraction of sp³-hybridized carbons (Fsp3) is 0.217. The summed E-state index contributed by atoms with van der Waals surface area (Å²) in [6, 6.07) is 17.3. The van der Waals surface area contributed by atoms with E-state index in [4.69, 9.17) is 5.21 Å². The smallest absolute Gasteiger partial charge is 0.284 e. The number of carbonyl (C=O) groups excluding carboxylic acids is 2. The maximum Gasteiger partial charge on any atom is 0.284 e. The van der Waals surface area contributed by atoms with E-state index >= 15 is 0 Å². The van der Waals surface area contributed by atoms with Crippen LogP contribution < -0.4 is 21.0 Å². The highest BCUT2D eigenvalue weighted by atomic mass is 32.1. The average Bonchev–Trinajstić information content (AvgIpc) is 3.33. The molecule has 3 aromatic rings. The number of nitrogens with zero attached hydrogens (tertiary/aromatic N) is 1. The van der Waals surface area contributed by atoms with E-state index in [2.05, 4.69) is 15.5 Å². The fourth-order valence-corrected chi connectivity index (χ4v) is 4.31. The highest BCUT2D eigenvalue weighted by Gasteiger charge is 2.12. The molecule has 31 heavy (non-hydrogen) atoms. The second-order valence-electron chi connectivity index (χ2n) is 7.30. The van der Waals surface area contributed by atoms with E-state index in [9.17, 15) is 9.59 Å². The Morgan fingerprint density at radius 2 is 1.68 bits per heavy atom. The lowest BCUT2D eigenvalue weighted by Crippen LogP contribution is -2.43. The summed E-state index contributed by atoms with van der Waals surface area (Å²) in [4.78, 5) is 26.7. The number of nitrogens with one attached hydrogen (secondary N) is 3. The van der Waals surface area contributed by atoms with E-state index in [1.807, 2.05) is 53.9 Å². The first-order valence-corrected chi connectivity index (χ1v) is 11.0. The summed E-state index contributed by atoms with van der Waals surface area (Å²) in [5.74, 6) is -0.620. The first kappa shape index (κ1) is 21.0. The van der Waals surface area contributed by atoms with Crippen LogP contribution in [0.3, 0.4) is 0 Å². The average molecular weight is 437 g/mol. The minimum Gasteiger partial charge on any atom is -0.369 e. The van der Waals surface area contributed by atoms with Crippen molar-refractivity contribution in [3.05, 3.63) is 76.0 Å². The number of amides is 2. The number of benzene rings is 2. The molecule has 1 aliphatic heterocycles. The molecule has 4 rings (SSSR count). The van der Waals surface area contributed by atoms with Crippen LogP contribution in [0.1, 0.15) is 25.6 Å². The van der Waals surface area contributed by atoms with Crippen molar-refractivity contribution in [3.63, 3.8) is 0 Å². The van der Waals surface area contributed by atoms with Gasteiger partial charge in [0.2, 0.25) is 0 Å². The SMILES string of the molecule is O=C(NCc1ccc(-c2csc(C(=O)NO)c2)cc1)c1ccc(N2CCNCC2)cc1. The Morgan fingerprint density at radius 3 is 2.35 bits per heavy atom. The molecule has 4 N–H and O–H groups in total. The van der Waals surface area contributed by atoms with Crippen molar-refractivity contribution in [2.24, 2.45) is 0 Å². The second-order valence-corrected chi connectivity index (χ2v) is 8.22. The predicted molar refractivity (Wildman–Crippen MR) is 122 cm³/mol. The number of piperazine rings is 1. The molecular formula is C23H24N4O3S. The van der Waals surface area contributed by atoms with Gasteiger partial charge in [0, 0.05) is 44.0 Å². The molecule has 0 radical (unpaired) electrons. The summed E-state index contributed by atoms with van der Waals surface area (Å²) in [6.45, 7) is 4.34. The summed E-state index contributed by atoms with van der Waals surface area (Å²) >= 11 is 1.27. The normalized spacial score (nSPS) is 13.6. The van der Waals surface area contributed by atoms with Crippen LogP contribution in [0.2, 0.25) is 0 Å². The van der Waals surface area contributed by atoms with E-state index in [1.165, 1.54) is 11.3 Å². The molecule has 2 aromatic carbocycles. The van der Waals surface area contributed by atoms with Gasteiger partial charge in [0.1, 0.15) is 0 Å². The lowest BCUT2D eigenvalue weighted by Gasteiger charge is -2.29.